The standard InChI is InChI=1S/C15H20O/c1-12-2-4-13(5-3-12)14-6-9-15(16,10-7-14)11-8-14/h2-5,16H,6-11H2,1H3. The first-order valence-corrected chi connectivity index (χ1v) is 6.42. The summed E-state index contributed by atoms with van der Waals surface area (Å²) in [5.74, 6) is 0. The van der Waals surface area contributed by atoms with E-state index in [0.717, 1.165) is 19.3 Å². The second kappa shape index (κ2) is 3.33. The lowest BCUT2D eigenvalue weighted by Gasteiger charge is -2.51. The fraction of sp³-hybridized carbons (Fsp3) is 0.600. The highest BCUT2D eigenvalue weighted by molar-refractivity contribution is 5.31. The van der Waals surface area contributed by atoms with Gasteiger partial charge in [0.15, 0.2) is 0 Å². The minimum Gasteiger partial charge on any atom is -0.390 e. The molecule has 0 spiro atoms. The zero-order chi connectivity index (χ0) is 11.2. The fourth-order valence-electron chi connectivity index (χ4n) is 3.51. The Bertz CT molecular complexity index is 366. The Kier molecular flexibility index (Phi) is 2.16. The van der Waals surface area contributed by atoms with Crippen LogP contribution in [-0.4, -0.2) is 10.7 Å². The molecule has 3 aliphatic carbocycles. The molecular weight excluding hydrogens is 196 g/mol. The van der Waals surface area contributed by atoms with Crippen LogP contribution in [-0.2, 0) is 5.41 Å². The number of hydrogen-bond donors (Lipinski definition) is 1. The number of hydrogen-bond acceptors (Lipinski definition) is 1. The lowest BCUT2D eigenvalue weighted by molar-refractivity contribution is -0.0660. The minimum atomic E-state index is -0.313. The highest BCUT2D eigenvalue weighted by Crippen LogP contribution is 2.53. The first-order chi connectivity index (χ1) is 7.62. The van der Waals surface area contributed by atoms with Crippen molar-refractivity contribution in [1.29, 1.82) is 0 Å². The summed E-state index contributed by atoms with van der Waals surface area (Å²) in [7, 11) is 0. The van der Waals surface area contributed by atoms with Crippen LogP contribution >= 0.6 is 0 Å². The molecule has 3 aliphatic rings. The van der Waals surface area contributed by atoms with Crippen molar-refractivity contribution in [2.24, 2.45) is 0 Å². The predicted molar refractivity (Wildman–Crippen MR) is 65.5 cm³/mol. The van der Waals surface area contributed by atoms with Gasteiger partial charge in [-0.3, -0.25) is 0 Å². The lowest BCUT2D eigenvalue weighted by atomic mass is 9.56. The van der Waals surface area contributed by atoms with E-state index in [9.17, 15) is 5.11 Å². The molecule has 1 aromatic carbocycles. The van der Waals surface area contributed by atoms with Crippen LogP contribution in [0.2, 0.25) is 0 Å². The zero-order valence-electron chi connectivity index (χ0n) is 10.00. The maximum atomic E-state index is 10.2. The van der Waals surface area contributed by atoms with Gasteiger partial charge in [-0.1, -0.05) is 29.8 Å². The van der Waals surface area contributed by atoms with Crippen LogP contribution in [0.25, 0.3) is 0 Å². The van der Waals surface area contributed by atoms with E-state index in [2.05, 4.69) is 31.2 Å². The number of fused-ring (bicyclic) bond motifs is 3. The van der Waals surface area contributed by atoms with Crippen molar-refractivity contribution >= 4 is 0 Å². The van der Waals surface area contributed by atoms with Crippen molar-refractivity contribution in [1.82, 2.24) is 0 Å². The van der Waals surface area contributed by atoms with Crippen LogP contribution in [0.5, 0.6) is 0 Å². The molecule has 1 heteroatoms. The van der Waals surface area contributed by atoms with E-state index in [1.165, 1.54) is 30.4 Å². The van der Waals surface area contributed by atoms with Gasteiger partial charge in [-0.15, -0.1) is 0 Å². The normalized spacial score (nSPS) is 37.6. The molecule has 2 bridgehead atoms. The van der Waals surface area contributed by atoms with E-state index in [0.29, 0.717) is 5.41 Å². The molecule has 0 heterocycles. The second-order valence-corrected chi connectivity index (χ2v) is 5.87. The van der Waals surface area contributed by atoms with Crippen molar-refractivity contribution < 1.29 is 5.11 Å². The molecule has 0 radical (unpaired) electrons. The summed E-state index contributed by atoms with van der Waals surface area (Å²) in [6.45, 7) is 2.14. The van der Waals surface area contributed by atoms with Gasteiger partial charge in [-0.25, -0.2) is 0 Å². The molecule has 0 saturated heterocycles. The minimum absolute atomic E-state index is 0.313. The first-order valence-electron chi connectivity index (χ1n) is 6.42. The molecule has 0 amide bonds. The molecule has 1 N–H and O–H groups in total. The van der Waals surface area contributed by atoms with Crippen LogP contribution in [0.15, 0.2) is 24.3 Å². The summed E-state index contributed by atoms with van der Waals surface area (Å²) < 4.78 is 0. The van der Waals surface area contributed by atoms with Crippen molar-refractivity contribution in [2.75, 3.05) is 0 Å². The van der Waals surface area contributed by atoms with Gasteiger partial charge in [0.2, 0.25) is 0 Å². The van der Waals surface area contributed by atoms with Gasteiger partial charge in [0.05, 0.1) is 5.60 Å². The number of aliphatic hydroxyl groups is 1. The average Bonchev–Trinajstić information content (AvgIpc) is 2.31. The molecule has 1 aromatic rings. The molecule has 0 aliphatic heterocycles. The average molecular weight is 216 g/mol. The van der Waals surface area contributed by atoms with E-state index in [-0.39, 0.29) is 5.60 Å². The molecule has 0 atom stereocenters. The molecule has 4 rings (SSSR count). The molecular formula is C15H20O. The Hall–Kier alpha value is -0.820. The summed E-state index contributed by atoms with van der Waals surface area (Å²) in [6, 6.07) is 9.04. The predicted octanol–water partition coefficient (Wildman–Crippen LogP) is 3.33. The fourth-order valence-corrected chi connectivity index (χ4v) is 3.51. The molecule has 1 nitrogen and oxygen atoms in total. The third-order valence-electron chi connectivity index (χ3n) is 4.87. The summed E-state index contributed by atoms with van der Waals surface area (Å²) in [6.07, 6.45) is 6.52. The Morgan fingerprint density at radius 3 is 1.88 bits per heavy atom. The van der Waals surface area contributed by atoms with Crippen LogP contribution in [0.4, 0.5) is 0 Å². The van der Waals surface area contributed by atoms with Crippen LogP contribution in [0, 0.1) is 6.92 Å². The van der Waals surface area contributed by atoms with E-state index in [1.54, 1.807) is 0 Å². The molecule has 3 fully saturated rings. The van der Waals surface area contributed by atoms with Gasteiger partial charge in [-0.05, 0) is 56.4 Å². The number of rotatable bonds is 1. The Labute approximate surface area is 97.5 Å². The lowest BCUT2D eigenvalue weighted by Crippen LogP contribution is -2.48. The largest absolute Gasteiger partial charge is 0.390 e. The van der Waals surface area contributed by atoms with Crippen LogP contribution in [0.3, 0.4) is 0 Å². The SMILES string of the molecule is Cc1ccc(C23CCC(O)(CC2)CC3)cc1. The van der Waals surface area contributed by atoms with Crippen LogP contribution < -0.4 is 0 Å². The molecule has 16 heavy (non-hydrogen) atoms. The quantitative estimate of drug-likeness (QED) is 0.763. The van der Waals surface area contributed by atoms with Gasteiger partial charge in [0.25, 0.3) is 0 Å². The third kappa shape index (κ3) is 1.49. The summed E-state index contributed by atoms with van der Waals surface area (Å²) in [5, 5.41) is 10.2. The maximum absolute atomic E-state index is 10.2. The van der Waals surface area contributed by atoms with Crippen molar-refractivity contribution in [2.45, 2.75) is 56.5 Å². The van der Waals surface area contributed by atoms with E-state index < -0.39 is 0 Å². The zero-order valence-corrected chi connectivity index (χ0v) is 10.00. The summed E-state index contributed by atoms with van der Waals surface area (Å²) in [4.78, 5) is 0. The van der Waals surface area contributed by atoms with Gasteiger partial charge in [-0.2, -0.15) is 0 Å². The molecule has 3 saturated carbocycles. The summed E-state index contributed by atoms with van der Waals surface area (Å²) in [5.41, 5.74) is 2.91. The topological polar surface area (TPSA) is 20.2 Å². The van der Waals surface area contributed by atoms with Gasteiger partial charge in [0, 0.05) is 0 Å². The molecule has 86 valence electrons. The van der Waals surface area contributed by atoms with Crippen molar-refractivity contribution in [3.05, 3.63) is 35.4 Å². The van der Waals surface area contributed by atoms with Crippen LogP contribution in [0.1, 0.15) is 49.7 Å². The molecule has 0 aromatic heterocycles. The van der Waals surface area contributed by atoms with Crippen molar-refractivity contribution in [3.8, 4) is 0 Å². The third-order valence-corrected chi connectivity index (χ3v) is 4.87. The van der Waals surface area contributed by atoms with Gasteiger partial charge in [0.1, 0.15) is 0 Å². The Morgan fingerprint density at radius 2 is 1.38 bits per heavy atom. The highest BCUT2D eigenvalue weighted by atomic mass is 16.3. The molecule has 0 unspecified atom stereocenters. The Balaban J connectivity index is 1.92. The van der Waals surface area contributed by atoms with E-state index in [4.69, 9.17) is 0 Å². The highest BCUT2D eigenvalue weighted by Gasteiger charge is 2.48. The maximum Gasteiger partial charge on any atom is 0.0648 e. The van der Waals surface area contributed by atoms with E-state index >= 15 is 0 Å². The Morgan fingerprint density at radius 1 is 0.875 bits per heavy atom. The number of aryl methyl sites for hydroxylation is 1. The second-order valence-electron chi connectivity index (χ2n) is 5.87. The van der Waals surface area contributed by atoms with Crippen molar-refractivity contribution in [3.63, 3.8) is 0 Å². The number of benzene rings is 1. The summed E-state index contributed by atoms with van der Waals surface area (Å²) >= 11 is 0. The van der Waals surface area contributed by atoms with Gasteiger partial charge < -0.3 is 5.11 Å². The first kappa shape index (κ1) is 10.3. The van der Waals surface area contributed by atoms with Gasteiger partial charge >= 0.3 is 0 Å². The monoisotopic (exact) mass is 216 g/mol. The smallest absolute Gasteiger partial charge is 0.0648 e. The van der Waals surface area contributed by atoms with E-state index in [1.807, 2.05) is 0 Å².